The molecule has 1 aliphatic heterocycles. The van der Waals surface area contributed by atoms with Crippen molar-refractivity contribution in [2.75, 3.05) is 18.0 Å². The summed E-state index contributed by atoms with van der Waals surface area (Å²) in [7, 11) is 0. The Balaban J connectivity index is 1.64. The van der Waals surface area contributed by atoms with Crippen molar-refractivity contribution in [2.24, 2.45) is 0 Å². The van der Waals surface area contributed by atoms with E-state index in [1.165, 1.54) is 11.3 Å². The molecule has 0 spiro atoms. The summed E-state index contributed by atoms with van der Waals surface area (Å²) >= 11 is 7.48. The second-order valence-electron chi connectivity index (χ2n) is 5.05. The second-order valence-corrected chi connectivity index (χ2v) is 6.18. The maximum atomic E-state index is 12.0. The zero-order valence-electron chi connectivity index (χ0n) is 11.6. The second kappa shape index (κ2) is 6.34. The van der Waals surface area contributed by atoms with Crippen molar-refractivity contribution in [3.63, 3.8) is 0 Å². The van der Waals surface area contributed by atoms with E-state index in [4.69, 9.17) is 16.9 Å². The Morgan fingerprint density at radius 1 is 1.55 bits per heavy atom. The standard InChI is InChI=1S/C15H13ClN4OS/c16-13-5-12(2-1-10(13)6-17)20-4-3-11(7-20)19-15(21)14-8-22-9-18-14/h1-2,5,8-9,11H,3-4,7H2,(H,19,21)/t11-/m0/s1. The van der Waals surface area contributed by atoms with E-state index in [0.717, 1.165) is 25.2 Å². The van der Waals surface area contributed by atoms with E-state index >= 15 is 0 Å². The van der Waals surface area contributed by atoms with Crippen LogP contribution in [0.4, 0.5) is 5.69 Å². The lowest BCUT2D eigenvalue weighted by Gasteiger charge is -2.19. The highest BCUT2D eigenvalue weighted by molar-refractivity contribution is 7.07. The van der Waals surface area contributed by atoms with Gasteiger partial charge in [0.2, 0.25) is 0 Å². The molecular weight excluding hydrogens is 320 g/mol. The number of hydrogen-bond acceptors (Lipinski definition) is 5. The number of carbonyl (C=O) groups excluding carboxylic acids is 1. The average Bonchev–Trinajstić information content (AvgIpc) is 3.18. The van der Waals surface area contributed by atoms with Crippen molar-refractivity contribution >= 4 is 34.5 Å². The molecule has 3 rings (SSSR count). The van der Waals surface area contributed by atoms with E-state index in [-0.39, 0.29) is 11.9 Å². The van der Waals surface area contributed by atoms with Gasteiger partial charge in [0.15, 0.2) is 0 Å². The molecule has 0 aliphatic carbocycles. The summed E-state index contributed by atoms with van der Waals surface area (Å²) in [6.45, 7) is 1.56. The molecule has 0 bridgehead atoms. The Morgan fingerprint density at radius 3 is 3.09 bits per heavy atom. The van der Waals surface area contributed by atoms with Gasteiger partial charge < -0.3 is 10.2 Å². The maximum absolute atomic E-state index is 12.0. The number of thiazole rings is 1. The molecule has 5 nitrogen and oxygen atoms in total. The van der Waals surface area contributed by atoms with Crippen molar-refractivity contribution in [1.82, 2.24) is 10.3 Å². The van der Waals surface area contributed by atoms with Gasteiger partial charge in [-0.05, 0) is 24.6 Å². The first kappa shape index (κ1) is 14.8. The predicted octanol–water partition coefficient (Wildman–Crippen LogP) is 2.68. The Kier molecular flexibility index (Phi) is 4.27. The third-order valence-corrected chi connectivity index (χ3v) is 4.53. The zero-order valence-corrected chi connectivity index (χ0v) is 13.2. The van der Waals surface area contributed by atoms with Crippen LogP contribution in [0.1, 0.15) is 22.5 Å². The highest BCUT2D eigenvalue weighted by atomic mass is 35.5. The molecule has 1 amide bonds. The fourth-order valence-corrected chi connectivity index (χ4v) is 3.24. The number of benzene rings is 1. The molecule has 2 heterocycles. The Labute approximate surface area is 137 Å². The molecule has 7 heteroatoms. The van der Waals surface area contributed by atoms with Crippen LogP contribution in [0.25, 0.3) is 0 Å². The molecule has 1 fully saturated rings. The molecular formula is C15H13ClN4OS. The molecule has 1 aromatic heterocycles. The molecule has 0 saturated carbocycles. The Bertz CT molecular complexity index is 726. The van der Waals surface area contributed by atoms with Gasteiger partial charge in [-0.1, -0.05) is 11.6 Å². The highest BCUT2D eigenvalue weighted by Crippen LogP contribution is 2.26. The van der Waals surface area contributed by atoms with Crippen LogP contribution >= 0.6 is 22.9 Å². The van der Waals surface area contributed by atoms with Crippen molar-refractivity contribution in [1.29, 1.82) is 5.26 Å². The van der Waals surface area contributed by atoms with Crippen LogP contribution in [-0.4, -0.2) is 30.0 Å². The van der Waals surface area contributed by atoms with E-state index in [9.17, 15) is 4.79 Å². The van der Waals surface area contributed by atoms with Crippen molar-refractivity contribution in [3.05, 3.63) is 45.4 Å². The van der Waals surface area contributed by atoms with Crippen LogP contribution in [0.3, 0.4) is 0 Å². The van der Waals surface area contributed by atoms with Crippen LogP contribution in [0, 0.1) is 11.3 Å². The first-order chi connectivity index (χ1) is 10.7. The van der Waals surface area contributed by atoms with Gasteiger partial charge in [-0.25, -0.2) is 4.98 Å². The monoisotopic (exact) mass is 332 g/mol. The van der Waals surface area contributed by atoms with Crippen molar-refractivity contribution in [3.8, 4) is 6.07 Å². The topological polar surface area (TPSA) is 69.0 Å². The summed E-state index contributed by atoms with van der Waals surface area (Å²) in [5, 5.41) is 14.1. The SMILES string of the molecule is N#Cc1ccc(N2CC[C@H](NC(=O)c3cscn3)C2)cc1Cl. The molecule has 1 aromatic carbocycles. The molecule has 1 N–H and O–H groups in total. The van der Waals surface area contributed by atoms with Gasteiger partial charge in [-0.15, -0.1) is 11.3 Å². The van der Waals surface area contributed by atoms with E-state index < -0.39 is 0 Å². The summed E-state index contributed by atoms with van der Waals surface area (Å²) < 4.78 is 0. The molecule has 0 radical (unpaired) electrons. The average molecular weight is 333 g/mol. The van der Waals surface area contributed by atoms with Gasteiger partial charge in [-0.3, -0.25) is 4.79 Å². The van der Waals surface area contributed by atoms with Crippen molar-refractivity contribution < 1.29 is 4.79 Å². The number of anilines is 1. The minimum absolute atomic E-state index is 0.0867. The number of nitrogens with one attached hydrogen (secondary N) is 1. The lowest BCUT2D eigenvalue weighted by molar-refractivity contribution is 0.0936. The third-order valence-electron chi connectivity index (χ3n) is 3.63. The normalized spacial score (nSPS) is 17.3. The molecule has 1 aliphatic rings. The zero-order chi connectivity index (χ0) is 15.5. The fourth-order valence-electron chi connectivity index (χ4n) is 2.49. The van der Waals surface area contributed by atoms with Gasteiger partial charge in [0.05, 0.1) is 16.1 Å². The van der Waals surface area contributed by atoms with Gasteiger partial charge in [-0.2, -0.15) is 5.26 Å². The quantitative estimate of drug-likeness (QED) is 0.938. The van der Waals surface area contributed by atoms with E-state index in [1.54, 1.807) is 23.0 Å². The highest BCUT2D eigenvalue weighted by Gasteiger charge is 2.25. The van der Waals surface area contributed by atoms with Crippen LogP contribution in [-0.2, 0) is 0 Å². The fraction of sp³-hybridized carbons (Fsp3) is 0.267. The summed E-state index contributed by atoms with van der Waals surface area (Å²) in [4.78, 5) is 18.2. The summed E-state index contributed by atoms with van der Waals surface area (Å²) in [5.41, 5.74) is 3.55. The van der Waals surface area contributed by atoms with Gasteiger partial charge in [0.25, 0.3) is 5.91 Å². The molecule has 0 unspecified atom stereocenters. The molecule has 22 heavy (non-hydrogen) atoms. The lowest BCUT2D eigenvalue weighted by atomic mass is 10.2. The van der Waals surface area contributed by atoms with Crippen LogP contribution in [0.15, 0.2) is 29.1 Å². The smallest absolute Gasteiger partial charge is 0.271 e. The summed E-state index contributed by atoms with van der Waals surface area (Å²) in [5.74, 6) is -0.133. The molecule has 112 valence electrons. The summed E-state index contributed by atoms with van der Waals surface area (Å²) in [6, 6.07) is 7.54. The Hall–Kier alpha value is -2.10. The number of hydrogen-bond donors (Lipinski definition) is 1. The van der Waals surface area contributed by atoms with Gasteiger partial charge in [0, 0.05) is 30.2 Å². The third kappa shape index (κ3) is 3.06. The minimum atomic E-state index is -0.133. The van der Waals surface area contributed by atoms with Crippen LogP contribution in [0.2, 0.25) is 5.02 Å². The predicted molar refractivity (Wildman–Crippen MR) is 86.4 cm³/mol. The number of amides is 1. The van der Waals surface area contributed by atoms with Crippen LogP contribution < -0.4 is 10.2 Å². The first-order valence-electron chi connectivity index (χ1n) is 6.81. The summed E-state index contributed by atoms with van der Waals surface area (Å²) in [6.07, 6.45) is 0.869. The molecule has 1 saturated heterocycles. The lowest BCUT2D eigenvalue weighted by Crippen LogP contribution is -2.37. The van der Waals surface area contributed by atoms with E-state index in [2.05, 4.69) is 21.3 Å². The van der Waals surface area contributed by atoms with Crippen LogP contribution in [0.5, 0.6) is 0 Å². The molecule has 2 aromatic rings. The largest absolute Gasteiger partial charge is 0.369 e. The minimum Gasteiger partial charge on any atom is -0.369 e. The van der Waals surface area contributed by atoms with E-state index in [1.807, 2.05) is 6.07 Å². The number of aromatic nitrogens is 1. The number of nitrogens with zero attached hydrogens (tertiary/aromatic N) is 3. The van der Waals surface area contributed by atoms with E-state index in [0.29, 0.717) is 16.3 Å². The first-order valence-corrected chi connectivity index (χ1v) is 8.13. The maximum Gasteiger partial charge on any atom is 0.271 e. The number of halogens is 1. The number of carbonyl (C=O) groups is 1. The van der Waals surface area contributed by atoms with Crippen molar-refractivity contribution in [2.45, 2.75) is 12.5 Å². The number of rotatable bonds is 3. The van der Waals surface area contributed by atoms with Gasteiger partial charge in [0.1, 0.15) is 11.8 Å². The molecule has 1 atom stereocenters. The number of nitriles is 1. The Morgan fingerprint density at radius 2 is 2.41 bits per heavy atom. The van der Waals surface area contributed by atoms with Gasteiger partial charge >= 0.3 is 0 Å².